The van der Waals surface area contributed by atoms with E-state index in [9.17, 15) is 15.3 Å². The van der Waals surface area contributed by atoms with E-state index in [1.165, 1.54) is 0 Å². The Morgan fingerprint density at radius 2 is 2.18 bits per heavy atom. The Labute approximate surface area is 128 Å². The summed E-state index contributed by atoms with van der Waals surface area (Å²) < 4.78 is 5.99. The van der Waals surface area contributed by atoms with Gasteiger partial charge in [-0.1, -0.05) is 18.2 Å². The zero-order valence-corrected chi connectivity index (χ0v) is 12.4. The average Bonchev–Trinajstić information content (AvgIpc) is 2.85. The summed E-state index contributed by atoms with van der Waals surface area (Å²) in [5, 5.41) is 32.2. The van der Waals surface area contributed by atoms with Crippen molar-refractivity contribution in [3.8, 4) is 11.5 Å². The van der Waals surface area contributed by atoms with Gasteiger partial charge in [-0.3, -0.25) is 4.90 Å². The predicted octanol–water partition coefficient (Wildman–Crippen LogP) is 0.313. The summed E-state index contributed by atoms with van der Waals surface area (Å²) in [6.45, 7) is 0.835. The number of nitrogens with zero attached hydrogens (tertiary/aromatic N) is 1. The van der Waals surface area contributed by atoms with Crippen LogP contribution in [-0.4, -0.2) is 57.7 Å². The van der Waals surface area contributed by atoms with E-state index in [0.717, 1.165) is 17.7 Å². The fourth-order valence-corrected chi connectivity index (χ4v) is 5.29. The Morgan fingerprint density at radius 1 is 1.36 bits per heavy atom. The van der Waals surface area contributed by atoms with Crippen molar-refractivity contribution in [3.63, 3.8) is 0 Å². The number of likely N-dealkylation sites (N-methyl/N-ethyl adjacent to an activating group) is 1. The van der Waals surface area contributed by atoms with Gasteiger partial charge in [0.05, 0.1) is 5.41 Å². The normalized spacial score (nSPS) is 44.6. The van der Waals surface area contributed by atoms with Crippen LogP contribution >= 0.6 is 0 Å². The minimum atomic E-state index is -1.07. The molecule has 5 heteroatoms. The number of piperidine rings is 1. The maximum atomic E-state index is 11.6. The molecule has 2 unspecified atom stereocenters. The number of likely N-dealkylation sites (tertiary alicyclic amines) is 1. The summed E-state index contributed by atoms with van der Waals surface area (Å²) in [5.41, 5.74) is 0.280. The number of ether oxygens (including phenoxy) is 1. The number of rotatable bonds is 0. The molecule has 0 radical (unpaired) electrons. The topological polar surface area (TPSA) is 73.2 Å². The van der Waals surface area contributed by atoms with Gasteiger partial charge < -0.3 is 20.1 Å². The summed E-state index contributed by atoms with van der Waals surface area (Å²) in [7, 11) is 2.03. The van der Waals surface area contributed by atoms with Gasteiger partial charge in [0.15, 0.2) is 11.5 Å². The lowest BCUT2D eigenvalue weighted by Crippen LogP contribution is -2.75. The van der Waals surface area contributed by atoms with E-state index in [4.69, 9.17) is 4.74 Å². The third kappa shape index (κ3) is 1.13. The predicted molar refractivity (Wildman–Crippen MR) is 79.0 cm³/mol. The first-order valence-corrected chi connectivity index (χ1v) is 7.81. The first kappa shape index (κ1) is 12.9. The molecule has 5 atom stereocenters. The number of aromatic hydroxyl groups is 1. The van der Waals surface area contributed by atoms with E-state index in [1.807, 2.05) is 13.1 Å². The second-order valence-corrected chi connectivity index (χ2v) is 7.08. The quantitative estimate of drug-likeness (QED) is 0.602. The van der Waals surface area contributed by atoms with E-state index in [1.54, 1.807) is 18.2 Å². The molecule has 1 saturated heterocycles. The van der Waals surface area contributed by atoms with Crippen molar-refractivity contribution in [1.29, 1.82) is 0 Å². The number of aliphatic hydroxyl groups excluding tert-OH is 1. The van der Waals surface area contributed by atoms with E-state index >= 15 is 0 Å². The van der Waals surface area contributed by atoms with Crippen LogP contribution in [0.15, 0.2) is 24.3 Å². The minimum absolute atomic E-state index is 0.0425. The molecule has 5 rings (SSSR count). The standard InChI is InChI=1S/C17H19NO4/c1-18-7-6-16-13-9-2-3-10(19)14(13)22-15(16)11(20)4-5-17(16,21)12(18)8-9/h2-5,11-12,15,19-21H,6-8H2,1H3/t11?,12-,15+,16?,17-/m1/s1. The van der Waals surface area contributed by atoms with E-state index in [-0.39, 0.29) is 11.8 Å². The molecule has 0 saturated carbocycles. The minimum Gasteiger partial charge on any atom is -0.504 e. The number of phenolic OH excluding ortho intramolecular Hbond substituents is 1. The van der Waals surface area contributed by atoms with E-state index in [2.05, 4.69) is 4.90 Å². The molecule has 22 heavy (non-hydrogen) atoms. The zero-order valence-electron chi connectivity index (χ0n) is 12.4. The molecule has 0 aromatic heterocycles. The number of benzene rings is 1. The van der Waals surface area contributed by atoms with Gasteiger partial charge in [0.2, 0.25) is 0 Å². The average molecular weight is 301 g/mol. The number of hydrogen-bond donors (Lipinski definition) is 3. The summed E-state index contributed by atoms with van der Waals surface area (Å²) in [6.07, 6.45) is 3.51. The fourth-order valence-electron chi connectivity index (χ4n) is 5.29. The molecule has 2 bridgehead atoms. The molecule has 1 aromatic carbocycles. The lowest BCUT2D eigenvalue weighted by Gasteiger charge is -2.61. The van der Waals surface area contributed by atoms with Crippen LogP contribution in [0.5, 0.6) is 11.5 Å². The fraction of sp³-hybridized carbons (Fsp3) is 0.529. The van der Waals surface area contributed by atoms with Gasteiger partial charge in [-0.25, -0.2) is 0 Å². The Morgan fingerprint density at radius 3 is 3.00 bits per heavy atom. The smallest absolute Gasteiger partial charge is 0.165 e. The van der Waals surface area contributed by atoms with Crippen LogP contribution in [0.4, 0.5) is 0 Å². The van der Waals surface area contributed by atoms with Crippen molar-refractivity contribution in [2.75, 3.05) is 13.6 Å². The lowest BCUT2D eigenvalue weighted by atomic mass is 9.50. The third-order valence-electron chi connectivity index (χ3n) is 6.28. The van der Waals surface area contributed by atoms with Gasteiger partial charge >= 0.3 is 0 Å². The van der Waals surface area contributed by atoms with Gasteiger partial charge in [0.25, 0.3) is 0 Å². The maximum absolute atomic E-state index is 11.6. The molecule has 1 aromatic rings. The third-order valence-corrected chi connectivity index (χ3v) is 6.28. The van der Waals surface area contributed by atoms with Crippen molar-refractivity contribution < 1.29 is 20.1 Å². The van der Waals surface area contributed by atoms with Crippen molar-refractivity contribution in [1.82, 2.24) is 4.90 Å². The van der Waals surface area contributed by atoms with Crippen LogP contribution in [0.1, 0.15) is 17.5 Å². The monoisotopic (exact) mass is 301 g/mol. The van der Waals surface area contributed by atoms with Crippen molar-refractivity contribution >= 4 is 0 Å². The number of phenols is 1. The summed E-state index contributed by atoms with van der Waals surface area (Å²) in [4.78, 5) is 2.19. The molecular weight excluding hydrogens is 282 g/mol. The number of hydrogen-bond acceptors (Lipinski definition) is 5. The largest absolute Gasteiger partial charge is 0.504 e. The second kappa shape index (κ2) is 3.67. The van der Waals surface area contributed by atoms with Crippen molar-refractivity contribution in [2.45, 2.75) is 42.1 Å². The Kier molecular flexibility index (Phi) is 2.16. The molecule has 4 aliphatic rings. The van der Waals surface area contributed by atoms with Crippen LogP contribution in [0, 0.1) is 0 Å². The maximum Gasteiger partial charge on any atom is 0.165 e. The summed E-state index contributed by atoms with van der Waals surface area (Å²) in [6, 6.07) is 3.54. The first-order chi connectivity index (χ1) is 10.5. The van der Waals surface area contributed by atoms with Crippen LogP contribution in [0.25, 0.3) is 0 Å². The highest BCUT2D eigenvalue weighted by molar-refractivity contribution is 5.63. The second-order valence-electron chi connectivity index (χ2n) is 7.08. The van der Waals surface area contributed by atoms with Gasteiger partial charge in [0, 0.05) is 11.6 Å². The van der Waals surface area contributed by atoms with Crippen LogP contribution in [0.3, 0.4) is 0 Å². The Hall–Kier alpha value is -1.56. The molecule has 2 aliphatic carbocycles. The highest BCUT2D eigenvalue weighted by Gasteiger charge is 2.71. The summed E-state index contributed by atoms with van der Waals surface area (Å²) in [5.74, 6) is 0.543. The van der Waals surface area contributed by atoms with E-state index < -0.39 is 23.2 Å². The van der Waals surface area contributed by atoms with Crippen molar-refractivity contribution in [3.05, 3.63) is 35.4 Å². The molecule has 3 N–H and O–H groups in total. The first-order valence-electron chi connectivity index (χ1n) is 7.81. The Balaban J connectivity index is 1.89. The molecule has 2 heterocycles. The molecule has 1 spiro atoms. The van der Waals surface area contributed by atoms with Gasteiger partial charge in [0.1, 0.15) is 17.8 Å². The van der Waals surface area contributed by atoms with Crippen molar-refractivity contribution in [2.24, 2.45) is 0 Å². The van der Waals surface area contributed by atoms with Crippen LogP contribution in [0.2, 0.25) is 0 Å². The SMILES string of the molecule is CN1CCC23c4c5ccc(O)c4O[C@H]2C(O)C=C[C@@]3(O)[C@H]1C5. The van der Waals surface area contributed by atoms with Gasteiger partial charge in [-0.05, 0) is 38.1 Å². The molecule has 0 amide bonds. The molecule has 2 aliphatic heterocycles. The molecule has 5 nitrogen and oxygen atoms in total. The van der Waals surface area contributed by atoms with Crippen LogP contribution < -0.4 is 4.74 Å². The van der Waals surface area contributed by atoms with Crippen LogP contribution in [-0.2, 0) is 11.8 Å². The highest BCUT2D eigenvalue weighted by Crippen LogP contribution is 2.63. The van der Waals surface area contributed by atoms with Gasteiger partial charge in [-0.2, -0.15) is 0 Å². The molecular formula is C17H19NO4. The zero-order chi connectivity index (χ0) is 15.3. The van der Waals surface area contributed by atoms with E-state index in [0.29, 0.717) is 18.6 Å². The Bertz CT molecular complexity index is 717. The number of aliphatic hydroxyl groups is 2. The molecule has 1 fully saturated rings. The van der Waals surface area contributed by atoms with Gasteiger partial charge in [-0.15, -0.1) is 0 Å². The highest BCUT2D eigenvalue weighted by atomic mass is 16.5. The molecule has 116 valence electrons. The summed E-state index contributed by atoms with van der Waals surface area (Å²) >= 11 is 0. The lowest BCUT2D eigenvalue weighted by molar-refractivity contribution is -0.151.